The fourth-order valence-corrected chi connectivity index (χ4v) is 3.59. The predicted octanol–water partition coefficient (Wildman–Crippen LogP) is 3.69. The van der Waals surface area contributed by atoms with Gasteiger partial charge in [-0.15, -0.1) is 0 Å². The lowest BCUT2D eigenvalue weighted by atomic mass is 10.0. The molecule has 1 amide bonds. The Morgan fingerprint density at radius 2 is 1.93 bits per heavy atom. The normalized spacial score (nSPS) is 12.6. The fourth-order valence-electron chi connectivity index (χ4n) is 3.59. The number of nitrogens with one attached hydrogen (secondary N) is 2. The van der Waals surface area contributed by atoms with E-state index in [2.05, 4.69) is 15.6 Å². The van der Waals surface area contributed by atoms with Gasteiger partial charge < -0.3 is 15.7 Å². The minimum atomic E-state index is -0.956. The molecule has 0 radical (unpaired) electrons. The molecule has 0 unspecified atom stereocenters. The van der Waals surface area contributed by atoms with Gasteiger partial charge in [0, 0.05) is 30.2 Å². The van der Waals surface area contributed by atoms with Gasteiger partial charge in [-0.1, -0.05) is 6.07 Å². The summed E-state index contributed by atoms with van der Waals surface area (Å²) in [5.74, 6) is -0.990. The smallest absolute Gasteiger partial charge is 0.335 e. The fraction of sp³-hybridized carbons (Fsp3) is 0.0455. The van der Waals surface area contributed by atoms with Crippen LogP contribution in [0.5, 0.6) is 0 Å². The van der Waals surface area contributed by atoms with Gasteiger partial charge in [0.15, 0.2) is 5.65 Å². The van der Waals surface area contributed by atoms with Gasteiger partial charge in [-0.3, -0.25) is 9.20 Å². The monoisotopic (exact) mass is 384 g/mol. The van der Waals surface area contributed by atoms with Crippen molar-refractivity contribution in [3.63, 3.8) is 0 Å². The summed E-state index contributed by atoms with van der Waals surface area (Å²) in [5, 5.41) is 15.2. The number of amides is 1. The van der Waals surface area contributed by atoms with E-state index in [1.165, 1.54) is 0 Å². The molecular weight excluding hydrogens is 368 g/mol. The Kier molecular flexibility index (Phi) is 3.80. The number of benzene rings is 2. The SMILES string of the molecule is O=C(O)c1ccc(Nc2ccc(-c3ccc4c(c3)CNC4=O)n3ccnc23)cc1. The summed E-state index contributed by atoms with van der Waals surface area (Å²) in [6, 6.07) is 16.3. The molecule has 142 valence electrons. The quantitative estimate of drug-likeness (QED) is 0.499. The number of carbonyl (C=O) groups is 2. The van der Waals surface area contributed by atoms with Crippen LogP contribution in [0.1, 0.15) is 26.3 Å². The van der Waals surface area contributed by atoms with Crippen molar-refractivity contribution in [2.24, 2.45) is 0 Å². The van der Waals surface area contributed by atoms with E-state index in [0.717, 1.165) is 39.4 Å². The van der Waals surface area contributed by atoms with Crippen LogP contribution in [-0.4, -0.2) is 26.4 Å². The average Bonchev–Trinajstić information content (AvgIpc) is 3.36. The Morgan fingerprint density at radius 3 is 2.72 bits per heavy atom. The molecule has 3 heterocycles. The number of pyridine rings is 1. The standard InChI is InChI=1S/C22H16N4O3/c27-21-17-6-3-14(11-15(17)12-24-21)19-8-7-18(20-23-9-10-26(19)20)25-16-4-1-13(2-5-16)22(28)29/h1-11,25H,12H2,(H,24,27)(H,28,29). The molecule has 0 saturated carbocycles. The van der Waals surface area contributed by atoms with Crippen molar-refractivity contribution in [1.29, 1.82) is 0 Å². The highest BCUT2D eigenvalue weighted by Gasteiger charge is 2.19. The van der Waals surface area contributed by atoms with Gasteiger partial charge >= 0.3 is 5.97 Å². The predicted molar refractivity (Wildman–Crippen MR) is 108 cm³/mol. The summed E-state index contributed by atoms with van der Waals surface area (Å²) in [5.41, 5.74) is 6.24. The summed E-state index contributed by atoms with van der Waals surface area (Å²) in [6.45, 7) is 0.543. The largest absolute Gasteiger partial charge is 0.478 e. The second-order valence-electron chi connectivity index (χ2n) is 6.82. The lowest BCUT2D eigenvalue weighted by Crippen LogP contribution is -2.12. The van der Waals surface area contributed by atoms with E-state index in [-0.39, 0.29) is 11.5 Å². The Morgan fingerprint density at radius 1 is 1.10 bits per heavy atom. The zero-order chi connectivity index (χ0) is 20.0. The third-order valence-electron chi connectivity index (χ3n) is 5.04. The van der Waals surface area contributed by atoms with Crippen molar-refractivity contribution in [2.75, 3.05) is 5.32 Å². The highest BCUT2D eigenvalue weighted by atomic mass is 16.4. The molecule has 0 saturated heterocycles. The molecule has 4 aromatic rings. The van der Waals surface area contributed by atoms with E-state index in [4.69, 9.17) is 5.11 Å². The Labute approximate surface area is 165 Å². The van der Waals surface area contributed by atoms with Gasteiger partial charge in [-0.2, -0.15) is 0 Å². The van der Waals surface area contributed by atoms with Crippen molar-refractivity contribution in [2.45, 2.75) is 6.54 Å². The molecule has 29 heavy (non-hydrogen) atoms. The van der Waals surface area contributed by atoms with Gasteiger partial charge in [0.1, 0.15) is 0 Å². The molecule has 1 aliphatic heterocycles. The van der Waals surface area contributed by atoms with Crippen molar-refractivity contribution in [3.8, 4) is 11.3 Å². The maximum atomic E-state index is 11.8. The number of carboxylic acids is 1. The molecule has 5 rings (SSSR count). The number of carbonyl (C=O) groups excluding carboxylic acids is 1. The van der Waals surface area contributed by atoms with E-state index in [0.29, 0.717) is 6.54 Å². The van der Waals surface area contributed by atoms with Gasteiger partial charge in [0.2, 0.25) is 0 Å². The van der Waals surface area contributed by atoms with Gasteiger partial charge in [-0.05, 0) is 59.7 Å². The van der Waals surface area contributed by atoms with E-state index in [1.807, 2.05) is 40.9 Å². The van der Waals surface area contributed by atoms with Crippen molar-refractivity contribution in [3.05, 3.63) is 83.7 Å². The number of hydrogen-bond acceptors (Lipinski definition) is 4. The molecule has 0 aliphatic carbocycles. The van der Waals surface area contributed by atoms with E-state index in [1.54, 1.807) is 30.5 Å². The third-order valence-corrected chi connectivity index (χ3v) is 5.04. The Hall–Kier alpha value is -4.13. The summed E-state index contributed by atoms with van der Waals surface area (Å²) >= 11 is 0. The van der Waals surface area contributed by atoms with Crippen LogP contribution in [0, 0.1) is 0 Å². The molecule has 0 fully saturated rings. The van der Waals surface area contributed by atoms with E-state index in [9.17, 15) is 9.59 Å². The average molecular weight is 384 g/mol. The van der Waals surface area contributed by atoms with Crippen LogP contribution in [-0.2, 0) is 6.54 Å². The second-order valence-corrected chi connectivity index (χ2v) is 6.82. The molecule has 7 heteroatoms. The molecule has 0 bridgehead atoms. The third kappa shape index (κ3) is 2.89. The zero-order valence-electron chi connectivity index (χ0n) is 15.2. The minimum Gasteiger partial charge on any atom is -0.478 e. The lowest BCUT2D eigenvalue weighted by Gasteiger charge is -2.12. The number of aromatic nitrogens is 2. The summed E-state index contributed by atoms with van der Waals surface area (Å²) in [7, 11) is 0. The van der Waals surface area contributed by atoms with Crippen LogP contribution >= 0.6 is 0 Å². The molecule has 1 aliphatic rings. The number of fused-ring (bicyclic) bond motifs is 2. The molecule has 2 aromatic carbocycles. The number of rotatable bonds is 4. The maximum absolute atomic E-state index is 11.8. The molecular formula is C22H16N4O3. The number of aromatic carboxylic acids is 1. The van der Waals surface area contributed by atoms with Crippen LogP contribution in [0.25, 0.3) is 16.9 Å². The topological polar surface area (TPSA) is 95.7 Å². The van der Waals surface area contributed by atoms with Crippen LogP contribution < -0.4 is 10.6 Å². The van der Waals surface area contributed by atoms with Crippen LogP contribution in [0.3, 0.4) is 0 Å². The molecule has 2 aromatic heterocycles. The van der Waals surface area contributed by atoms with Gasteiger partial charge in [-0.25, -0.2) is 9.78 Å². The lowest BCUT2D eigenvalue weighted by molar-refractivity contribution is 0.0696. The van der Waals surface area contributed by atoms with Crippen LogP contribution in [0.15, 0.2) is 67.0 Å². The van der Waals surface area contributed by atoms with Crippen LogP contribution in [0.2, 0.25) is 0 Å². The van der Waals surface area contributed by atoms with Gasteiger partial charge in [0.25, 0.3) is 5.91 Å². The number of anilines is 2. The molecule has 3 N–H and O–H groups in total. The molecule has 0 spiro atoms. The van der Waals surface area contributed by atoms with Crippen LogP contribution in [0.4, 0.5) is 11.4 Å². The number of imidazole rings is 1. The number of nitrogens with zero attached hydrogens (tertiary/aromatic N) is 2. The number of hydrogen-bond donors (Lipinski definition) is 3. The minimum absolute atomic E-state index is 0.0345. The second kappa shape index (κ2) is 6.49. The maximum Gasteiger partial charge on any atom is 0.335 e. The van der Waals surface area contributed by atoms with Crippen molar-refractivity contribution < 1.29 is 14.7 Å². The first-order valence-corrected chi connectivity index (χ1v) is 9.08. The van der Waals surface area contributed by atoms with E-state index >= 15 is 0 Å². The highest BCUT2D eigenvalue weighted by Crippen LogP contribution is 2.29. The zero-order valence-corrected chi connectivity index (χ0v) is 15.2. The first kappa shape index (κ1) is 17.0. The van der Waals surface area contributed by atoms with Crippen molar-refractivity contribution >= 4 is 28.9 Å². The Balaban J connectivity index is 1.52. The number of carboxylic acid groups (broad SMARTS) is 1. The molecule has 0 atom stereocenters. The summed E-state index contributed by atoms with van der Waals surface area (Å²) in [4.78, 5) is 27.3. The molecule has 7 nitrogen and oxygen atoms in total. The van der Waals surface area contributed by atoms with Crippen molar-refractivity contribution in [1.82, 2.24) is 14.7 Å². The highest BCUT2D eigenvalue weighted by molar-refractivity contribution is 5.99. The Bertz CT molecular complexity index is 1280. The summed E-state index contributed by atoms with van der Waals surface area (Å²) < 4.78 is 1.99. The van der Waals surface area contributed by atoms with Gasteiger partial charge in [0.05, 0.1) is 16.9 Å². The summed E-state index contributed by atoms with van der Waals surface area (Å²) in [6.07, 6.45) is 3.62. The van der Waals surface area contributed by atoms with E-state index < -0.39 is 5.97 Å². The first-order chi connectivity index (χ1) is 14.1. The first-order valence-electron chi connectivity index (χ1n) is 9.08.